The Kier molecular flexibility index (Phi) is 6.25. The fourth-order valence-corrected chi connectivity index (χ4v) is 2.44. The van der Waals surface area contributed by atoms with E-state index in [2.05, 4.69) is 0 Å². The summed E-state index contributed by atoms with van der Waals surface area (Å²) in [7, 11) is 0. The Morgan fingerprint density at radius 1 is 0.870 bits per heavy atom. The van der Waals surface area contributed by atoms with Crippen LogP contribution >= 0.6 is 0 Å². The molecule has 0 unspecified atom stereocenters. The third-order valence-electron chi connectivity index (χ3n) is 3.52. The van der Waals surface area contributed by atoms with Gasteiger partial charge in [-0.15, -0.1) is 0 Å². The fraction of sp³-hybridized carbons (Fsp3) is 0.562. The first-order chi connectivity index (χ1) is 10.5. The van der Waals surface area contributed by atoms with Gasteiger partial charge in [0.15, 0.2) is 5.78 Å². The topological polar surface area (TPSA) is 17.1 Å². The molecule has 1 aromatic rings. The lowest BCUT2D eigenvalue weighted by Crippen LogP contribution is -2.18. The highest BCUT2D eigenvalue weighted by atomic mass is 19.4. The predicted molar refractivity (Wildman–Crippen MR) is 74.1 cm³/mol. The maximum Gasteiger partial charge on any atom is 0.416 e. The van der Waals surface area contributed by atoms with Crippen LogP contribution in [0.1, 0.15) is 61.0 Å². The van der Waals surface area contributed by atoms with Crippen molar-refractivity contribution in [3.63, 3.8) is 0 Å². The van der Waals surface area contributed by atoms with Crippen LogP contribution in [0.4, 0.5) is 26.3 Å². The molecule has 0 atom stereocenters. The smallest absolute Gasteiger partial charge is 0.294 e. The average molecular weight is 340 g/mol. The molecule has 1 aromatic carbocycles. The van der Waals surface area contributed by atoms with Gasteiger partial charge in [0.25, 0.3) is 0 Å². The highest BCUT2D eigenvalue weighted by Gasteiger charge is 2.37. The molecule has 1 rings (SSSR count). The Labute approximate surface area is 130 Å². The van der Waals surface area contributed by atoms with Crippen molar-refractivity contribution in [3.05, 3.63) is 34.9 Å². The number of carbonyl (C=O) groups excluding carboxylic acids is 1. The lowest BCUT2D eigenvalue weighted by Gasteiger charge is -2.17. The van der Waals surface area contributed by atoms with Crippen LogP contribution in [0.5, 0.6) is 0 Å². The molecule has 0 spiro atoms. The summed E-state index contributed by atoms with van der Waals surface area (Å²) < 4.78 is 76.9. The third kappa shape index (κ3) is 5.25. The van der Waals surface area contributed by atoms with E-state index in [4.69, 9.17) is 0 Å². The molecule has 0 aliphatic carbocycles. The minimum atomic E-state index is -4.94. The number of hydrogen-bond donors (Lipinski definition) is 0. The number of alkyl halides is 6. The van der Waals surface area contributed by atoms with E-state index in [-0.39, 0.29) is 6.07 Å². The number of hydrogen-bond acceptors (Lipinski definition) is 1. The minimum Gasteiger partial charge on any atom is -0.294 e. The van der Waals surface area contributed by atoms with Gasteiger partial charge < -0.3 is 0 Å². The van der Waals surface area contributed by atoms with Gasteiger partial charge >= 0.3 is 12.4 Å². The third-order valence-corrected chi connectivity index (χ3v) is 3.52. The van der Waals surface area contributed by atoms with Gasteiger partial charge in [-0.2, -0.15) is 26.3 Å². The molecule has 0 heterocycles. The highest BCUT2D eigenvalue weighted by molar-refractivity contribution is 5.98. The molecule has 0 bridgehead atoms. The molecule has 1 nitrogen and oxygen atoms in total. The fourth-order valence-electron chi connectivity index (χ4n) is 2.44. The highest BCUT2D eigenvalue weighted by Crippen LogP contribution is 2.37. The minimum absolute atomic E-state index is 0.0332. The standard InChI is InChI=1S/C16H18F6O/c1-3-5-10(6-4-2)14(23)11-7-12(15(17,18)19)9-13(8-11)16(20,21)22/h7-10H,3-6H2,1-2H3. The van der Waals surface area contributed by atoms with Gasteiger partial charge in [-0.3, -0.25) is 4.79 Å². The molecule has 0 amide bonds. The normalized spacial score (nSPS) is 12.7. The number of ketones is 1. The predicted octanol–water partition coefficient (Wildman–Crippen LogP) is 6.12. The summed E-state index contributed by atoms with van der Waals surface area (Å²) >= 11 is 0. The molecular weight excluding hydrogens is 322 g/mol. The Bertz CT molecular complexity index is 506. The van der Waals surface area contributed by atoms with Gasteiger partial charge in [0.1, 0.15) is 0 Å². The molecule has 0 saturated heterocycles. The van der Waals surface area contributed by atoms with Gasteiger partial charge in [-0.1, -0.05) is 26.7 Å². The SMILES string of the molecule is CCCC(CCC)C(=O)c1cc(C(F)(F)F)cc(C(F)(F)F)c1. The second kappa shape index (κ2) is 7.36. The molecule has 0 aliphatic rings. The summed E-state index contributed by atoms with van der Waals surface area (Å²) in [6, 6.07) is 1.05. The van der Waals surface area contributed by atoms with E-state index in [0.717, 1.165) is 0 Å². The summed E-state index contributed by atoms with van der Waals surface area (Å²) in [6.45, 7) is 3.62. The first-order valence-corrected chi connectivity index (χ1v) is 7.34. The van der Waals surface area contributed by atoms with E-state index >= 15 is 0 Å². The van der Waals surface area contributed by atoms with E-state index < -0.39 is 40.7 Å². The average Bonchev–Trinajstić information content (AvgIpc) is 2.44. The quantitative estimate of drug-likeness (QED) is 0.450. The maximum atomic E-state index is 12.8. The number of carbonyl (C=O) groups is 1. The summed E-state index contributed by atoms with van der Waals surface area (Å²) in [5, 5.41) is 0. The number of halogens is 6. The maximum absolute atomic E-state index is 12.8. The van der Waals surface area contributed by atoms with Crippen molar-refractivity contribution in [2.45, 2.75) is 51.9 Å². The van der Waals surface area contributed by atoms with E-state index in [1.54, 1.807) is 0 Å². The van der Waals surface area contributed by atoms with Crippen molar-refractivity contribution in [1.29, 1.82) is 0 Å². The monoisotopic (exact) mass is 340 g/mol. The van der Waals surface area contributed by atoms with Crippen LogP contribution < -0.4 is 0 Å². The molecule has 0 saturated carbocycles. The summed E-state index contributed by atoms with van der Waals surface area (Å²) in [5.74, 6) is -1.22. The van der Waals surface area contributed by atoms with Crippen LogP contribution in [0.2, 0.25) is 0 Å². The van der Waals surface area contributed by atoms with Crippen LogP contribution in [0.15, 0.2) is 18.2 Å². The summed E-state index contributed by atoms with van der Waals surface area (Å²) in [5.41, 5.74) is -3.44. The Morgan fingerprint density at radius 2 is 1.26 bits per heavy atom. The van der Waals surface area contributed by atoms with E-state index in [0.29, 0.717) is 37.8 Å². The van der Waals surface area contributed by atoms with Crippen molar-refractivity contribution >= 4 is 5.78 Å². The van der Waals surface area contributed by atoms with Crippen molar-refractivity contribution in [1.82, 2.24) is 0 Å². The number of rotatable bonds is 6. The Balaban J connectivity index is 3.36. The van der Waals surface area contributed by atoms with Crippen molar-refractivity contribution in [2.75, 3.05) is 0 Å². The van der Waals surface area contributed by atoms with Gasteiger partial charge in [-0.25, -0.2) is 0 Å². The lowest BCUT2D eigenvalue weighted by molar-refractivity contribution is -0.143. The molecule has 0 N–H and O–H groups in total. The van der Waals surface area contributed by atoms with E-state index in [1.807, 2.05) is 13.8 Å². The molecule has 23 heavy (non-hydrogen) atoms. The Hall–Kier alpha value is -1.53. The first-order valence-electron chi connectivity index (χ1n) is 7.34. The number of Topliss-reactive ketones (excluding diaryl/α,β-unsaturated/α-hetero) is 1. The first kappa shape index (κ1) is 19.5. The Morgan fingerprint density at radius 3 is 1.57 bits per heavy atom. The second-order valence-electron chi connectivity index (χ2n) is 5.43. The summed E-state index contributed by atoms with van der Waals surface area (Å²) in [6.07, 6.45) is -7.76. The largest absolute Gasteiger partial charge is 0.416 e. The van der Waals surface area contributed by atoms with Crippen LogP contribution in [0, 0.1) is 5.92 Å². The van der Waals surface area contributed by atoms with Gasteiger partial charge in [0, 0.05) is 11.5 Å². The zero-order valence-corrected chi connectivity index (χ0v) is 12.8. The zero-order valence-electron chi connectivity index (χ0n) is 12.8. The molecule has 0 aromatic heterocycles. The number of benzene rings is 1. The van der Waals surface area contributed by atoms with Crippen LogP contribution in [0.25, 0.3) is 0 Å². The summed E-state index contributed by atoms with van der Waals surface area (Å²) in [4.78, 5) is 12.3. The van der Waals surface area contributed by atoms with Crippen molar-refractivity contribution in [2.24, 2.45) is 5.92 Å². The molecule has 0 radical (unpaired) electrons. The molecule has 7 heteroatoms. The van der Waals surface area contributed by atoms with Crippen molar-refractivity contribution < 1.29 is 31.1 Å². The molecule has 130 valence electrons. The van der Waals surface area contributed by atoms with Crippen LogP contribution in [-0.4, -0.2) is 5.78 Å². The van der Waals surface area contributed by atoms with E-state index in [9.17, 15) is 31.1 Å². The lowest BCUT2D eigenvalue weighted by atomic mass is 9.88. The second-order valence-corrected chi connectivity index (χ2v) is 5.43. The van der Waals surface area contributed by atoms with Crippen molar-refractivity contribution in [3.8, 4) is 0 Å². The van der Waals surface area contributed by atoms with Crippen LogP contribution in [-0.2, 0) is 12.4 Å². The molecular formula is C16H18F6O. The van der Waals surface area contributed by atoms with Crippen LogP contribution in [0.3, 0.4) is 0 Å². The molecule has 0 fully saturated rings. The zero-order chi connectivity index (χ0) is 17.8. The molecule has 0 aliphatic heterocycles. The van der Waals surface area contributed by atoms with Gasteiger partial charge in [0.2, 0.25) is 0 Å². The van der Waals surface area contributed by atoms with Gasteiger partial charge in [-0.05, 0) is 31.0 Å². The van der Waals surface area contributed by atoms with E-state index in [1.165, 1.54) is 0 Å². The van der Waals surface area contributed by atoms with Gasteiger partial charge in [0.05, 0.1) is 11.1 Å².